The number of carbonyl (C=O) groups is 4. The second-order valence-corrected chi connectivity index (χ2v) is 10.1. The maximum atomic E-state index is 13.6. The molecule has 2 aromatic rings. The lowest BCUT2D eigenvalue weighted by molar-refractivity contribution is -0.115. The molecule has 1 aliphatic carbocycles. The highest BCUT2D eigenvalue weighted by atomic mass is 16.2. The minimum Gasteiger partial charge on any atom is -0.289 e. The van der Waals surface area contributed by atoms with Crippen LogP contribution in [0.15, 0.2) is 71.3 Å². The predicted molar refractivity (Wildman–Crippen MR) is 148 cm³/mol. The zero-order valence-corrected chi connectivity index (χ0v) is 22.4. The number of hydrogen-bond donors (Lipinski definition) is 0. The molecular formula is C33H38O4. The summed E-state index contributed by atoms with van der Waals surface area (Å²) in [5.41, 5.74) is 2.47. The zero-order chi connectivity index (χ0) is 26.8. The number of ketones is 4. The number of rotatable bonds is 14. The minimum atomic E-state index is -0.562. The van der Waals surface area contributed by atoms with E-state index in [0.717, 1.165) is 36.5 Å². The Bertz CT molecular complexity index is 1230. The smallest absolute Gasteiger partial charge is 0.197 e. The Morgan fingerprint density at radius 2 is 1.19 bits per heavy atom. The monoisotopic (exact) mass is 498 g/mol. The van der Waals surface area contributed by atoms with Crippen molar-refractivity contribution >= 4 is 23.1 Å². The summed E-state index contributed by atoms with van der Waals surface area (Å²) in [7, 11) is 0. The molecular weight excluding hydrogens is 460 g/mol. The number of carbonyl (C=O) groups excluding carboxylic acids is 4. The van der Waals surface area contributed by atoms with Crippen LogP contribution in [0.5, 0.6) is 0 Å². The van der Waals surface area contributed by atoms with Crippen molar-refractivity contribution in [2.24, 2.45) is 0 Å². The van der Waals surface area contributed by atoms with E-state index in [4.69, 9.17) is 0 Å². The third kappa shape index (κ3) is 7.55. The maximum absolute atomic E-state index is 13.6. The van der Waals surface area contributed by atoms with Crippen LogP contribution in [0.2, 0.25) is 0 Å². The molecule has 0 amide bonds. The van der Waals surface area contributed by atoms with Crippen LogP contribution in [-0.2, 0) is 9.59 Å². The fourth-order valence-corrected chi connectivity index (χ4v) is 4.83. The molecule has 37 heavy (non-hydrogen) atoms. The molecule has 0 aliphatic heterocycles. The molecule has 0 saturated carbocycles. The van der Waals surface area contributed by atoms with Crippen LogP contribution >= 0.6 is 0 Å². The quantitative estimate of drug-likeness (QED) is 0.116. The Hall–Kier alpha value is -3.40. The Labute approximate surface area is 220 Å². The van der Waals surface area contributed by atoms with Gasteiger partial charge in [-0.15, -0.1) is 0 Å². The van der Waals surface area contributed by atoms with Crippen LogP contribution in [0.1, 0.15) is 103 Å². The average Bonchev–Trinajstić information content (AvgIpc) is 2.88. The molecule has 0 unspecified atom stereocenters. The maximum Gasteiger partial charge on any atom is 0.197 e. The lowest BCUT2D eigenvalue weighted by Crippen LogP contribution is -2.27. The molecule has 0 saturated heterocycles. The van der Waals surface area contributed by atoms with Crippen molar-refractivity contribution in [2.75, 3.05) is 0 Å². The first-order chi connectivity index (χ1) is 17.8. The van der Waals surface area contributed by atoms with Gasteiger partial charge < -0.3 is 0 Å². The highest BCUT2D eigenvalue weighted by Crippen LogP contribution is 2.29. The molecule has 194 valence electrons. The van der Waals surface area contributed by atoms with Gasteiger partial charge in [0.1, 0.15) is 0 Å². The van der Waals surface area contributed by atoms with Crippen LogP contribution in [0.3, 0.4) is 0 Å². The number of benzene rings is 2. The van der Waals surface area contributed by atoms with Crippen molar-refractivity contribution in [2.45, 2.75) is 85.0 Å². The summed E-state index contributed by atoms with van der Waals surface area (Å²) in [4.78, 5) is 53.5. The van der Waals surface area contributed by atoms with Gasteiger partial charge >= 0.3 is 0 Å². The number of allylic oxidation sites excluding steroid dienone is 4. The van der Waals surface area contributed by atoms with E-state index in [1.54, 1.807) is 36.4 Å². The molecule has 0 fully saturated rings. The summed E-state index contributed by atoms with van der Waals surface area (Å²) in [5.74, 6) is -1.99. The number of Topliss-reactive ketones (excluding diaryl/α,β-unsaturated/α-hetero) is 3. The van der Waals surface area contributed by atoms with E-state index in [9.17, 15) is 19.2 Å². The molecule has 0 heterocycles. The SMILES string of the molecule is CCCCCCCCCCCC1=C(C(=O)c2cccc(C)c2)C(=O)C=C(C(=O)c2cccc(C)c2)C1=O. The number of aryl methyl sites for hydroxylation is 2. The Morgan fingerprint density at radius 3 is 1.73 bits per heavy atom. The van der Waals surface area contributed by atoms with Gasteiger partial charge in [-0.3, -0.25) is 19.2 Å². The van der Waals surface area contributed by atoms with Crippen LogP contribution in [-0.4, -0.2) is 23.1 Å². The van der Waals surface area contributed by atoms with E-state index in [1.807, 2.05) is 26.0 Å². The largest absolute Gasteiger partial charge is 0.289 e. The fraction of sp³-hybridized carbons (Fsp3) is 0.394. The van der Waals surface area contributed by atoms with E-state index >= 15 is 0 Å². The Balaban J connectivity index is 1.81. The molecule has 0 N–H and O–H groups in total. The summed E-state index contributed by atoms with van der Waals surface area (Å²) in [6, 6.07) is 14.0. The van der Waals surface area contributed by atoms with Crippen molar-refractivity contribution in [3.63, 3.8) is 0 Å². The molecule has 1 aliphatic rings. The summed E-state index contributed by atoms with van der Waals surface area (Å²) < 4.78 is 0. The van der Waals surface area contributed by atoms with E-state index in [-0.39, 0.29) is 16.7 Å². The second kappa shape index (κ2) is 13.8. The summed E-state index contributed by atoms with van der Waals surface area (Å²) in [6.07, 6.45) is 11.4. The molecule has 0 radical (unpaired) electrons. The lowest BCUT2D eigenvalue weighted by atomic mass is 9.81. The highest BCUT2D eigenvalue weighted by molar-refractivity contribution is 6.43. The molecule has 0 bridgehead atoms. The average molecular weight is 499 g/mol. The molecule has 4 heteroatoms. The molecule has 0 aromatic heterocycles. The fourth-order valence-electron chi connectivity index (χ4n) is 4.83. The zero-order valence-electron chi connectivity index (χ0n) is 22.4. The third-order valence-electron chi connectivity index (χ3n) is 6.90. The lowest BCUT2D eigenvalue weighted by Gasteiger charge is -2.19. The van der Waals surface area contributed by atoms with E-state index in [0.29, 0.717) is 24.0 Å². The van der Waals surface area contributed by atoms with Gasteiger partial charge in [-0.2, -0.15) is 0 Å². The normalized spacial score (nSPS) is 13.6. The Kier molecular flexibility index (Phi) is 10.5. The summed E-state index contributed by atoms with van der Waals surface area (Å²) in [6.45, 7) is 5.95. The first-order valence-electron chi connectivity index (χ1n) is 13.6. The third-order valence-corrected chi connectivity index (χ3v) is 6.90. The first kappa shape index (κ1) is 28.2. The molecule has 4 nitrogen and oxygen atoms in total. The van der Waals surface area contributed by atoms with E-state index in [1.165, 1.54) is 32.1 Å². The van der Waals surface area contributed by atoms with Gasteiger partial charge in [0, 0.05) is 22.8 Å². The molecule has 0 atom stereocenters. The van der Waals surface area contributed by atoms with E-state index in [2.05, 4.69) is 6.92 Å². The van der Waals surface area contributed by atoms with Crippen molar-refractivity contribution < 1.29 is 19.2 Å². The number of unbranched alkanes of at least 4 members (excludes halogenated alkanes) is 8. The standard InChI is InChI=1S/C33H38O4/c1-4-5-6-7-8-9-10-11-12-19-27-30(32(36)26-18-14-16-24(3)21-26)29(34)22-28(33(27)37)31(35)25-17-13-15-23(2)20-25/h13-18,20-22H,4-12,19H2,1-3H3. The molecule has 3 rings (SSSR count). The minimum absolute atomic E-state index is 0.0871. The van der Waals surface area contributed by atoms with E-state index < -0.39 is 23.1 Å². The summed E-state index contributed by atoms with van der Waals surface area (Å²) >= 11 is 0. The topological polar surface area (TPSA) is 68.3 Å². The van der Waals surface area contributed by atoms with Gasteiger partial charge in [0.05, 0.1) is 11.1 Å². The summed E-state index contributed by atoms with van der Waals surface area (Å²) in [5, 5.41) is 0. The van der Waals surface area contributed by atoms with Crippen LogP contribution in [0, 0.1) is 13.8 Å². The Morgan fingerprint density at radius 1 is 0.676 bits per heavy atom. The van der Waals surface area contributed by atoms with Crippen LogP contribution in [0.4, 0.5) is 0 Å². The van der Waals surface area contributed by atoms with Gasteiger partial charge in [0.25, 0.3) is 0 Å². The van der Waals surface area contributed by atoms with Crippen molar-refractivity contribution in [3.05, 3.63) is 93.6 Å². The number of hydrogen-bond acceptors (Lipinski definition) is 4. The van der Waals surface area contributed by atoms with Gasteiger partial charge in [0.15, 0.2) is 23.1 Å². The van der Waals surface area contributed by atoms with Gasteiger partial charge in [-0.1, -0.05) is 106 Å². The second-order valence-electron chi connectivity index (χ2n) is 10.1. The first-order valence-corrected chi connectivity index (χ1v) is 13.6. The van der Waals surface area contributed by atoms with Crippen molar-refractivity contribution in [1.29, 1.82) is 0 Å². The molecule has 2 aromatic carbocycles. The van der Waals surface area contributed by atoms with Crippen LogP contribution < -0.4 is 0 Å². The van der Waals surface area contributed by atoms with Gasteiger partial charge in [-0.25, -0.2) is 0 Å². The van der Waals surface area contributed by atoms with Crippen molar-refractivity contribution in [1.82, 2.24) is 0 Å². The van der Waals surface area contributed by atoms with Gasteiger partial charge in [-0.05, 0) is 38.8 Å². The highest BCUT2D eigenvalue weighted by Gasteiger charge is 2.35. The van der Waals surface area contributed by atoms with Crippen LogP contribution in [0.25, 0.3) is 0 Å². The van der Waals surface area contributed by atoms with Crippen molar-refractivity contribution in [3.8, 4) is 0 Å². The predicted octanol–water partition coefficient (Wildman–Crippen LogP) is 7.66. The van der Waals surface area contributed by atoms with Gasteiger partial charge in [0.2, 0.25) is 0 Å². The molecule has 0 spiro atoms.